The largest absolute Gasteiger partial charge is 0.372 e. The van der Waals surface area contributed by atoms with Crippen molar-refractivity contribution < 1.29 is 48.5 Å². The first kappa shape index (κ1) is 41.3. The molecule has 0 saturated carbocycles. The summed E-state index contributed by atoms with van der Waals surface area (Å²) in [4.78, 5) is 25.5. The second kappa shape index (κ2) is 16.3. The molecular formula is C30H31Cl2N7O11S3. The molecule has 18 nitrogen and oxygen atoms in total. The first-order valence-corrected chi connectivity index (χ1v) is 20.3. The van der Waals surface area contributed by atoms with Gasteiger partial charge in [0.25, 0.3) is 36.3 Å². The number of carbonyl (C=O) groups excluding carboxylic acids is 2. The van der Waals surface area contributed by atoms with Gasteiger partial charge in [0.15, 0.2) is 10.7 Å². The molecule has 0 saturated heterocycles. The van der Waals surface area contributed by atoms with E-state index in [2.05, 4.69) is 26.0 Å². The number of azo groups is 1. The fourth-order valence-corrected chi connectivity index (χ4v) is 7.43. The Morgan fingerprint density at radius 1 is 0.906 bits per heavy atom. The summed E-state index contributed by atoms with van der Waals surface area (Å²) in [7, 11) is -13.8. The van der Waals surface area contributed by atoms with Crippen molar-refractivity contribution in [1.82, 2.24) is 9.78 Å². The molecule has 0 fully saturated rings. The maximum atomic E-state index is 12.9. The van der Waals surface area contributed by atoms with Gasteiger partial charge in [0.05, 0.1) is 32.1 Å². The van der Waals surface area contributed by atoms with Gasteiger partial charge in [-0.3, -0.25) is 23.2 Å². The van der Waals surface area contributed by atoms with E-state index in [9.17, 15) is 43.9 Å². The fourth-order valence-electron chi connectivity index (χ4n) is 4.99. The van der Waals surface area contributed by atoms with E-state index < -0.39 is 63.5 Å². The second-order valence-corrected chi connectivity index (χ2v) is 16.3. The number of hydrogen-bond donors (Lipinski definition) is 5. The van der Waals surface area contributed by atoms with Crippen LogP contribution in [0.4, 0.5) is 28.6 Å². The Morgan fingerprint density at radius 3 is 2.13 bits per heavy atom. The Labute approximate surface area is 314 Å². The molecule has 0 aliphatic heterocycles. The zero-order chi connectivity index (χ0) is 39.5. The topological polar surface area (TPSA) is 267 Å². The molecule has 4 aromatic rings. The Morgan fingerprint density at radius 2 is 1.57 bits per heavy atom. The lowest BCUT2D eigenvalue weighted by molar-refractivity contribution is -0.114. The SMILES string of the molecule is CCN(CCCS(=O)(=O)O)c1ccc(/N=N/c2c(S(=O)(=O)O)c(C)nn2-c2c(Cl)cc(NC(=O)c3cccc(S(=O)(=O)O)c3)cc2Cl)c(NC(C)=O)c1. The minimum Gasteiger partial charge on any atom is -0.372 e. The number of nitrogens with zero attached hydrogens (tertiary/aromatic N) is 5. The molecule has 53 heavy (non-hydrogen) atoms. The van der Waals surface area contributed by atoms with Crippen LogP contribution in [0.15, 0.2) is 74.6 Å². The van der Waals surface area contributed by atoms with E-state index in [1.54, 1.807) is 11.0 Å². The zero-order valence-electron chi connectivity index (χ0n) is 27.8. The number of aryl methyl sites for hydroxylation is 1. The van der Waals surface area contributed by atoms with Gasteiger partial charge in [0, 0.05) is 37.0 Å². The number of hydrogen-bond acceptors (Lipinski definition) is 12. The van der Waals surface area contributed by atoms with E-state index in [1.165, 1.54) is 50.2 Å². The summed E-state index contributed by atoms with van der Waals surface area (Å²) in [6.45, 7) is 4.96. The molecule has 0 radical (unpaired) electrons. The molecule has 1 aromatic heterocycles. The van der Waals surface area contributed by atoms with Crippen molar-refractivity contribution >= 4 is 93.9 Å². The molecule has 5 N–H and O–H groups in total. The third-order valence-corrected chi connectivity index (χ3v) is 10.5. The van der Waals surface area contributed by atoms with Gasteiger partial charge in [0.2, 0.25) is 5.91 Å². The van der Waals surface area contributed by atoms with Gasteiger partial charge < -0.3 is 15.5 Å². The molecule has 0 atom stereocenters. The van der Waals surface area contributed by atoms with Crippen LogP contribution in [0.2, 0.25) is 10.0 Å². The molecule has 0 unspecified atom stereocenters. The maximum absolute atomic E-state index is 12.9. The monoisotopic (exact) mass is 831 g/mol. The van der Waals surface area contributed by atoms with Gasteiger partial charge in [0.1, 0.15) is 11.4 Å². The summed E-state index contributed by atoms with van der Waals surface area (Å²) in [5, 5.41) is 17.1. The van der Waals surface area contributed by atoms with Gasteiger partial charge in [-0.1, -0.05) is 29.3 Å². The Balaban J connectivity index is 1.76. The Kier molecular flexibility index (Phi) is 12.7. The number of amides is 2. The smallest absolute Gasteiger partial charge is 0.300 e. The van der Waals surface area contributed by atoms with Gasteiger partial charge in [-0.05, 0) is 68.8 Å². The fraction of sp³-hybridized carbons (Fsp3) is 0.233. The predicted octanol–water partition coefficient (Wildman–Crippen LogP) is 5.71. The van der Waals surface area contributed by atoms with Crippen LogP contribution in [0.25, 0.3) is 5.69 Å². The normalized spacial score (nSPS) is 12.2. The minimum atomic E-state index is -5.00. The Bertz CT molecular complexity index is 2430. The molecule has 0 bridgehead atoms. The average molecular weight is 833 g/mol. The molecule has 0 aliphatic rings. The molecular weight excluding hydrogens is 801 g/mol. The summed E-state index contributed by atoms with van der Waals surface area (Å²) >= 11 is 13.1. The number of benzene rings is 3. The minimum absolute atomic E-state index is 0.0206. The van der Waals surface area contributed by atoms with Crippen molar-refractivity contribution in [3.05, 3.63) is 75.9 Å². The predicted molar refractivity (Wildman–Crippen MR) is 196 cm³/mol. The first-order valence-electron chi connectivity index (χ1n) is 15.1. The van der Waals surface area contributed by atoms with E-state index in [4.69, 9.17) is 27.8 Å². The molecule has 3 aromatic carbocycles. The quantitative estimate of drug-likeness (QED) is 0.0754. The van der Waals surface area contributed by atoms with Crippen LogP contribution >= 0.6 is 23.2 Å². The van der Waals surface area contributed by atoms with Crippen LogP contribution in [0.5, 0.6) is 0 Å². The summed E-state index contributed by atoms with van der Waals surface area (Å²) in [5.74, 6) is -2.30. The summed E-state index contributed by atoms with van der Waals surface area (Å²) in [6, 6.07) is 11.6. The van der Waals surface area contributed by atoms with Crippen LogP contribution in [-0.2, 0) is 35.1 Å². The van der Waals surface area contributed by atoms with Crippen LogP contribution < -0.4 is 15.5 Å². The number of carbonyl (C=O) groups is 2. The van der Waals surface area contributed by atoms with Crippen molar-refractivity contribution in [3.8, 4) is 5.69 Å². The van der Waals surface area contributed by atoms with E-state index in [0.29, 0.717) is 12.2 Å². The highest BCUT2D eigenvalue weighted by Gasteiger charge is 2.29. The Hall–Kier alpha value is -4.48. The molecule has 1 heterocycles. The number of aromatic nitrogens is 2. The van der Waals surface area contributed by atoms with Crippen LogP contribution in [0.1, 0.15) is 36.3 Å². The molecule has 2 amide bonds. The zero-order valence-corrected chi connectivity index (χ0v) is 31.8. The first-order chi connectivity index (χ1) is 24.6. The highest BCUT2D eigenvalue weighted by Crippen LogP contribution is 2.40. The highest BCUT2D eigenvalue weighted by atomic mass is 35.5. The lowest BCUT2D eigenvalue weighted by Crippen LogP contribution is -2.25. The summed E-state index contributed by atoms with van der Waals surface area (Å²) in [5.41, 5.74) is 0.206. The van der Waals surface area contributed by atoms with Crippen molar-refractivity contribution in [3.63, 3.8) is 0 Å². The molecule has 0 aliphatic carbocycles. The third-order valence-electron chi connectivity index (χ3n) is 7.24. The lowest BCUT2D eigenvalue weighted by Gasteiger charge is -2.24. The molecule has 4 rings (SSSR count). The highest BCUT2D eigenvalue weighted by molar-refractivity contribution is 7.86. The molecule has 284 valence electrons. The van der Waals surface area contributed by atoms with E-state index >= 15 is 0 Å². The van der Waals surface area contributed by atoms with E-state index in [1.807, 2.05) is 6.92 Å². The van der Waals surface area contributed by atoms with Gasteiger partial charge in [-0.15, -0.1) is 10.2 Å². The lowest BCUT2D eigenvalue weighted by atomic mass is 10.2. The van der Waals surface area contributed by atoms with Crippen LogP contribution in [0, 0.1) is 6.92 Å². The standard InChI is InChI=1S/C30H31Cl2N7O11S3/c1-4-38(11-6-12-51(42,43)44)21-9-10-25(26(16-21)33-18(3)40)35-36-29-28(53(48,49)50)17(2)37-39(29)27-23(31)14-20(15-24(27)32)34-30(41)19-7-5-8-22(13-19)52(45,46)47/h5,7-10,13-16H,4,6,11-12H2,1-3H3,(H,33,40)(H,34,41)(H,42,43,44)(H,45,46,47)(H,48,49,50)/b36-35+. The second-order valence-electron chi connectivity index (χ2n) is 11.2. The third kappa shape index (κ3) is 10.6. The van der Waals surface area contributed by atoms with Crippen LogP contribution in [0.3, 0.4) is 0 Å². The van der Waals surface area contributed by atoms with Crippen molar-refractivity contribution in [2.24, 2.45) is 10.2 Å². The number of halogens is 2. The number of nitrogens with one attached hydrogen (secondary N) is 2. The average Bonchev–Trinajstić information content (AvgIpc) is 3.36. The van der Waals surface area contributed by atoms with Gasteiger partial charge >= 0.3 is 0 Å². The molecule has 0 spiro atoms. The van der Waals surface area contributed by atoms with Crippen molar-refractivity contribution in [1.29, 1.82) is 0 Å². The van der Waals surface area contributed by atoms with Crippen LogP contribution in [-0.4, -0.2) is 79.3 Å². The number of rotatable bonds is 14. The van der Waals surface area contributed by atoms with E-state index in [-0.39, 0.29) is 57.0 Å². The van der Waals surface area contributed by atoms with Gasteiger partial charge in [-0.2, -0.15) is 30.4 Å². The van der Waals surface area contributed by atoms with Crippen molar-refractivity contribution in [2.45, 2.75) is 37.0 Å². The number of anilines is 3. The maximum Gasteiger partial charge on any atom is 0.300 e. The van der Waals surface area contributed by atoms with Crippen molar-refractivity contribution in [2.75, 3.05) is 34.4 Å². The summed E-state index contributed by atoms with van der Waals surface area (Å²) < 4.78 is 99.8. The molecule has 23 heteroatoms. The van der Waals surface area contributed by atoms with E-state index in [0.717, 1.165) is 16.8 Å². The van der Waals surface area contributed by atoms with Gasteiger partial charge in [-0.25, -0.2) is 4.68 Å². The summed E-state index contributed by atoms with van der Waals surface area (Å²) in [6.07, 6.45) is 0.106.